The number of carbonyl (C=O) groups excluding carboxylic acids is 2. The summed E-state index contributed by atoms with van der Waals surface area (Å²) in [7, 11) is 1.16. The van der Waals surface area contributed by atoms with E-state index in [0.717, 1.165) is 96.3 Å². The average Bonchev–Trinajstić information content (AvgIpc) is 3.56. The number of rotatable bonds is 65. The van der Waals surface area contributed by atoms with Gasteiger partial charge in [0.15, 0.2) is 6.10 Å². The Kier molecular flexibility index (Phi) is 63.5. The van der Waals surface area contributed by atoms with E-state index in [1.807, 2.05) is 21.1 Å². The third kappa shape index (κ3) is 69.8. The van der Waals surface area contributed by atoms with Crippen molar-refractivity contribution in [2.75, 3.05) is 47.5 Å². The first-order valence-corrected chi connectivity index (χ1v) is 37.1. The van der Waals surface area contributed by atoms with Crippen LogP contribution >= 0.6 is 7.82 Å². The molecule has 2 unspecified atom stereocenters. The van der Waals surface area contributed by atoms with Gasteiger partial charge in [-0.2, -0.15) is 0 Å². The summed E-state index contributed by atoms with van der Waals surface area (Å²) in [6, 6.07) is 0. The van der Waals surface area contributed by atoms with Crippen LogP contribution in [-0.2, 0) is 32.7 Å². The summed E-state index contributed by atoms with van der Waals surface area (Å²) in [6.07, 6.45) is 93.1. The Bertz CT molecular complexity index is 1820. The van der Waals surface area contributed by atoms with Crippen molar-refractivity contribution >= 4 is 19.8 Å². The number of hydrogen-bond acceptors (Lipinski definition) is 8. The smallest absolute Gasteiger partial charge is 0.306 e. The molecule has 2 atom stereocenters. The molecule has 9 nitrogen and oxygen atoms in total. The normalized spacial score (nSPS) is 13.8. The molecule has 0 bridgehead atoms. The first kappa shape index (κ1) is 82.7. The SMILES string of the molecule is CC/C=C\C/C=C\C/C=C\C/C=C\C/C=C\C/C=C\C/C=C\C/C=C\CCCCCCCCCCCCC(=O)OC(COC(=O)CCCCCCCCCCCCCCCCC/C=C\CCCCCCCCCC)COP(=O)([O-])OCC[N+](C)(C)C. The van der Waals surface area contributed by atoms with Crippen LogP contribution in [-0.4, -0.2) is 70.0 Å². The van der Waals surface area contributed by atoms with Gasteiger partial charge in [0.1, 0.15) is 19.8 Å². The number of unbranched alkanes of at least 4 members (excludes halogenated alkanes) is 33. The second kappa shape index (κ2) is 66.1. The number of esters is 2. The zero-order chi connectivity index (χ0) is 62.6. The number of nitrogens with zero attached hydrogens (tertiary/aromatic N) is 1. The number of phosphoric acid groups is 1. The average molecular weight is 1220 g/mol. The molecule has 0 fully saturated rings. The van der Waals surface area contributed by atoms with E-state index in [-0.39, 0.29) is 32.0 Å². The summed E-state index contributed by atoms with van der Waals surface area (Å²) < 4.78 is 34.3. The molecule has 0 aliphatic heterocycles. The summed E-state index contributed by atoms with van der Waals surface area (Å²) in [5.74, 6) is -0.833. The van der Waals surface area contributed by atoms with Crippen molar-refractivity contribution in [2.24, 2.45) is 0 Å². The lowest BCUT2D eigenvalue weighted by Crippen LogP contribution is -2.37. The highest BCUT2D eigenvalue weighted by Crippen LogP contribution is 2.38. The molecule has 0 heterocycles. The molecule has 0 aromatic carbocycles. The number of allylic oxidation sites excluding steroid dienone is 18. The number of likely N-dealkylation sites (N-methyl/N-ethyl adjacent to an activating group) is 1. The van der Waals surface area contributed by atoms with Crippen molar-refractivity contribution in [1.82, 2.24) is 0 Å². The molecular weight excluding hydrogens is 1090 g/mol. The van der Waals surface area contributed by atoms with Crippen molar-refractivity contribution in [3.63, 3.8) is 0 Å². The molecule has 10 heteroatoms. The van der Waals surface area contributed by atoms with E-state index in [0.29, 0.717) is 17.4 Å². The van der Waals surface area contributed by atoms with Crippen LogP contribution in [0.2, 0.25) is 0 Å². The van der Waals surface area contributed by atoms with Gasteiger partial charge in [-0.3, -0.25) is 14.2 Å². The van der Waals surface area contributed by atoms with Crippen LogP contribution in [0, 0.1) is 0 Å². The third-order valence-electron chi connectivity index (χ3n) is 15.3. The van der Waals surface area contributed by atoms with Crippen LogP contribution in [0.3, 0.4) is 0 Å². The van der Waals surface area contributed by atoms with E-state index in [1.165, 1.54) is 180 Å². The summed E-state index contributed by atoms with van der Waals surface area (Å²) >= 11 is 0. The summed E-state index contributed by atoms with van der Waals surface area (Å²) in [5, 5.41) is 0. The van der Waals surface area contributed by atoms with Gasteiger partial charge < -0.3 is 27.9 Å². The van der Waals surface area contributed by atoms with E-state index in [9.17, 15) is 19.0 Å². The highest BCUT2D eigenvalue weighted by molar-refractivity contribution is 7.45. The van der Waals surface area contributed by atoms with Crippen LogP contribution in [0.1, 0.15) is 309 Å². The molecule has 0 aromatic rings. The third-order valence-corrected chi connectivity index (χ3v) is 16.2. The van der Waals surface area contributed by atoms with E-state index in [1.54, 1.807) is 0 Å². The molecular formula is C76H134NO8P. The number of phosphoric ester groups is 1. The Morgan fingerprint density at radius 3 is 1.00 bits per heavy atom. The standard InChI is InChI=1S/C76H134NO8P/c1-6-8-10-12-14-16-18-20-22-24-26-28-30-32-34-35-36-37-38-39-40-41-43-45-47-49-51-53-55-57-59-61-63-65-67-69-76(79)85-74(73-84-86(80,81)83-71-70-77(3,4)5)72-82-75(78)68-66-64-62-60-58-56-54-52-50-48-46-44-42-33-31-29-27-25-23-21-19-17-15-13-11-9-7-2/h8,10,14,16,20,22,25-28,32,34,36-37,39-40,43,45,74H,6-7,9,11-13,15,17-19,21,23-24,29-31,33,35,38,41-42,44,46-73H2,1-5H3/b10-8-,16-14-,22-20-,27-25-,28-26-,34-32-,37-36-,40-39-,45-43-. The minimum Gasteiger partial charge on any atom is -0.756 e. The molecule has 0 aliphatic rings. The van der Waals surface area contributed by atoms with E-state index in [2.05, 4.69) is 123 Å². The minimum absolute atomic E-state index is 0.0351. The molecule has 86 heavy (non-hydrogen) atoms. The highest BCUT2D eigenvalue weighted by atomic mass is 31.2. The van der Waals surface area contributed by atoms with E-state index < -0.39 is 26.5 Å². The second-order valence-corrected chi connectivity index (χ2v) is 26.3. The van der Waals surface area contributed by atoms with Crippen molar-refractivity contribution in [2.45, 2.75) is 315 Å². The molecule has 0 saturated carbocycles. The molecule has 0 rings (SSSR count). The maximum Gasteiger partial charge on any atom is 0.306 e. The Labute approximate surface area is 531 Å². The van der Waals surface area contributed by atoms with E-state index >= 15 is 0 Å². The topological polar surface area (TPSA) is 111 Å². The molecule has 0 spiro atoms. The predicted molar refractivity (Wildman–Crippen MR) is 369 cm³/mol. The summed E-state index contributed by atoms with van der Waals surface area (Å²) in [6.45, 7) is 4.15. The fraction of sp³-hybridized carbons (Fsp3) is 0.737. The van der Waals surface area contributed by atoms with Crippen molar-refractivity contribution in [1.29, 1.82) is 0 Å². The van der Waals surface area contributed by atoms with Gasteiger partial charge in [-0.25, -0.2) is 0 Å². The van der Waals surface area contributed by atoms with Crippen LogP contribution in [0.5, 0.6) is 0 Å². The number of hydrogen-bond donors (Lipinski definition) is 0. The molecule has 0 aromatic heterocycles. The lowest BCUT2D eigenvalue weighted by atomic mass is 10.0. The molecule has 0 N–H and O–H groups in total. The molecule has 496 valence electrons. The fourth-order valence-electron chi connectivity index (χ4n) is 9.85. The number of carbonyl (C=O) groups is 2. The van der Waals surface area contributed by atoms with Gasteiger partial charge in [0.25, 0.3) is 7.82 Å². The van der Waals surface area contributed by atoms with Gasteiger partial charge in [-0.1, -0.05) is 303 Å². The number of quaternary nitrogens is 1. The predicted octanol–water partition coefficient (Wildman–Crippen LogP) is 22.6. The van der Waals surface area contributed by atoms with Gasteiger partial charge in [0, 0.05) is 12.8 Å². The van der Waals surface area contributed by atoms with Gasteiger partial charge in [-0.05, 0) is 103 Å². The quantitative estimate of drug-likeness (QED) is 0.0195. The monoisotopic (exact) mass is 1220 g/mol. The molecule has 0 aliphatic carbocycles. The first-order valence-electron chi connectivity index (χ1n) is 35.6. The zero-order valence-corrected chi connectivity index (χ0v) is 57.4. The first-order chi connectivity index (χ1) is 42.0. The van der Waals surface area contributed by atoms with Gasteiger partial charge in [0.2, 0.25) is 0 Å². The highest BCUT2D eigenvalue weighted by Gasteiger charge is 2.22. The Hall–Kier alpha value is -3.33. The lowest BCUT2D eigenvalue weighted by Gasteiger charge is -2.28. The largest absolute Gasteiger partial charge is 0.756 e. The summed E-state index contributed by atoms with van der Waals surface area (Å²) in [5.41, 5.74) is 0. The van der Waals surface area contributed by atoms with Crippen molar-refractivity contribution < 1.29 is 42.1 Å². The van der Waals surface area contributed by atoms with Gasteiger partial charge >= 0.3 is 11.9 Å². The summed E-state index contributed by atoms with van der Waals surface area (Å²) in [4.78, 5) is 38.1. The Morgan fingerprint density at radius 1 is 0.372 bits per heavy atom. The van der Waals surface area contributed by atoms with Crippen molar-refractivity contribution in [3.05, 3.63) is 109 Å². The zero-order valence-electron chi connectivity index (χ0n) is 56.5. The second-order valence-electron chi connectivity index (χ2n) is 24.9. The lowest BCUT2D eigenvalue weighted by molar-refractivity contribution is -0.870. The van der Waals surface area contributed by atoms with Crippen LogP contribution in [0.4, 0.5) is 0 Å². The Morgan fingerprint density at radius 2 is 0.663 bits per heavy atom. The van der Waals surface area contributed by atoms with Crippen LogP contribution in [0.25, 0.3) is 0 Å². The molecule has 0 radical (unpaired) electrons. The Balaban J connectivity index is 4.08. The van der Waals surface area contributed by atoms with Crippen LogP contribution in [0.15, 0.2) is 109 Å². The molecule has 0 saturated heterocycles. The maximum atomic E-state index is 12.9. The van der Waals surface area contributed by atoms with Crippen LogP contribution < -0.4 is 4.89 Å². The minimum atomic E-state index is -4.65. The number of ether oxygens (including phenoxy) is 2. The van der Waals surface area contributed by atoms with Gasteiger partial charge in [-0.15, -0.1) is 0 Å². The van der Waals surface area contributed by atoms with E-state index in [4.69, 9.17) is 18.5 Å². The maximum absolute atomic E-state index is 12.9. The van der Waals surface area contributed by atoms with Gasteiger partial charge in [0.05, 0.1) is 27.7 Å². The van der Waals surface area contributed by atoms with Crippen molar-refractivity contribution in [3.8, 4) is 0 Å². The fourth-order valence-corrected chi connectivity index (χ4v) is 10.6. The molecule has 0 amide bonds.